The van der Waals surface area contributed by atoms with Crippen LogP contribution in [0.5, 0.6) is 5.75 Å². The second kappa shape index (κ2) is 7.12. The maximum Gasteiger partial charge on any atom is 0.312 e. The standard InChI is InChI=1S/C19H19NO5.CH2O2/c1-25-15-7-6-12-4-2-3-5-13(12)14(15)8-20-10-18(16(21)22)9-19(18,11-20)17(23)24;2-1-3/h2-7H,8-11H2,1H3,(H,21,22)(H,23,24);1H,(H,2,3)/t18-,19+;. The first-order chi connectivity index (χ1) is 13.3. The molecule has 1 saturated carbocycles. The molecule has 1 aliphatic heterocycles. The molecule has 8 heteroatoms. The van der Waals surface area contributed by atoms with Crippen molar-refractivity contribution in [3.63, 3.8) is 0 Å². The number of hydrogen-bond acceptors (Lipinski definition) is 5. The lowest BCUT2D eigenvalue weighted by Crippen LogP contribution is -2.28. The molecule has 0 amide bonds. The normalized spacial score (nSPS) is 25.3. The van der Waals surface area contributed by atoms with E-state index in [1.165, 1.54) is 0 Å². The Bertz CT molecular complexity index is 915. The van der Waals surface area contributed by atoms with Crippen molar-refractivity contribution < 1.29 is 34.4 Å². The quantitative estimate of drug-likeness (QED) is 0.665. The van der Waals surface area contributed by atoms with Crippen LogP contribution in [0, 0.1) is 10.8 Å². The van der Waals surface area contributed by atoms with Gasteiger partial charge in [-0.3, -0.25) is 19.3 Å². The number of methoxy groups -OCH3 is 1. The number of carboxylic acids is 2. The summed E-state index contributed by atoms with van der Waals surface area (Å²) < 4.78 is 5.49. The van der Waals surface area contributed by atoms with Crippen molar-refractivity contribution in [1.82, 2.24) is 4.90 Å². The summed E-state index contributed by atoms with van der Waals surface area (Å²) in [5.41, 5.74) is -1.35. The number of carboxylic acid groups (broad SMARTS) is 3. The zero-order valence-corrected chi connectivity index (χ0v) is 15.3. The van der Waals surface area contributed by atoms with Crippen LogP contribution in [0.15, 0.2) is 36.4 Å². The van der Waals surface area contributed by atoms with E-state index in [0.717, 1.165) is 22.1 Å². The zero-order chi connectivity index (χ0) is 20.5. The first kappa shape index (κ1) is 19.6. The number of carbonyl (C=O) groups is 3. The van der Waals surface area contributed by atoms with Crippen LogP contribution in [0.3, 0.4) is 0 Å². The Balaban J connectivity index is 0.000000706. The van der Waals surface area contributed by atoms with Crippen molar-refractivity contribution in [2.45, 2.75) is 13.0 Å². The average molecular weight is 387 g/mol. The highest BCUT2D eigenvalue weighted by Gasteiger charge is 2.80. The molecule has 0 bridgehead atoms. The molecule has 1 saturated heterocycles. The third-order valence-electron chi connectivity index (χ3n) is 5.80. The summed E-state index contributed by atoms with van der Waals surface area (Å²) >= 11 is 0. The molecular formula is C20H21NO7. The number of fused-ring (bicyclic) bond motifs is 2. The van der Waals surface area contributed by atoms with Gasteiger partial charge in [-0.1, -0.05) is 30.3 Å². The third-order valence-corrected chi connectivity index (χ3v) is 5.80. The van der Waals surface area contributed by atoms with Crippen molar-refractivity contribution in [3.8, 4) is 5.75 Å². The Kier molecular flexibility index (Phi) is 4.99. The van der Waals surface area contributed by atoms with E-state index in [1.54, 1.807) is 7.11 Å². The fraction of sp³-hybridized carbons (Fsp3) is 0.350. The lowest BCUT2D eigenvalue weighted by Gasteiger charge is -2.22. The smallest absolute Gasteiger partial charge is 0.312 e. The molecule has 2 atom stereocenters. The van der Waals surface area contributed by atoms with E-state index in [1.807, 2.05) is 41.3 Å². The van der Waals surface area contributed by atoms with Crippen molar-refractivity contribution in [2.75, 3.05) is 20.2 Å². The van der Waals surface area contributed by atoms with Gasteiger partial charge in [0.15, 0.2) is 0 Å². The molecule has 0 spiro atoms. The van der Waals surface area contributed by atoms with Gasteiger partial charge in [0.25, 0.3) is 6.47 Å². The van der Waals surface area contributed by atoms with Gasteiger partial charge in [-0.25, -0.2) is 0 Å². The Hall–Kier alpha value is -3.13. The molecule has 0 radical (unpaired) electrons. The number of ether oxygens (including phenoxy) is 1. The van der Waals surface area contributed by atoms with Crippen LogP contribution >= 0.6 is 0 Å². The van der Waals surface area contributed by atoms with Crippen molar-refractivity contribution in [2.24, 2.45) is 10.8 Å². The van der Waals surface area contributed by atoms with Crippen LogP contribution in [-0.4, -0.2) is 58.8 Å². The van der Waals surface area contributed by atoms with Crippen LogP contribution in [0.1, 0.15) is 12.0 Å². The van der Waals surface area contributed by atoms with Crippen LogP contribution in [0.25, 0.3) is 10.8 Å². The molecule has 2 aliphatic rings. The Labute approximate surface area is 160 Å². The number of benzene rings is 2. The van der Waals surface area contributed by atoms with Crippen molar-refractivity contribution in [1.29, 1.82) is 0 Å². The van der Waals surface area contributed by atoms with Crippen LogP contribution in [0.4, 0.5) is 0 Å². The van der Waals surface area contributed by atoms with E-state index in [-0.39, 0.29) is 26.0 Å². The first-order valence-electron chi connectivity index (χ1n) is 8.67. The number of aliphatic carboxylic acids is 2. The Morgan fingerprint density at radius 3 is 2.21 bits per heavy atom. The molecule has 2 aromatic rings. The van der Waals surface area contributed by atoms with Gasteiger partial charge in [-0.05, 0) is 23.3 Å². The summed E-state index contributed by atoms with van der Waals surface area (Å²) in [7, 11) is 1.60. The predicted octanol–water partition coefficient (Wildman–Crippen LogP) is 1.91. The van der Waals surface area contributed by atoms with Gasteiger partial charge in [0.1, 0.15) is 5.75 Å². The molecule has 28 heavy (non-hydrogen) atoms. The highest BCUT2D eigenvalue weighted by atomic mass is 16.5. The van der Waals surface area contributed by atoms with E-state index in [4.69, 9.17) is 14.6 Å². The molecule has 2 fully saturated rings. The molecular weight excluding hydrogens is 366 g/mol. The van der Waals surface area contributed by atoms with Gasteiger partial charge >= 0.3 is 11.9 Å². The fourth-order valence-electron chi connectivity index (χ4n) is 4.41. The second-order valence-electron chi connectivity index (χ2n) is 7.17. The highest BCUT2D eigenvalue weighted by Crippen LogP contribution is 2.68. The minimum atomic E-state index is -1.16. The van der Waals surface area contributed by atoms with E-state index in [0.29, 0.717) is 6.54 Å². The van der Waals surface area contributed by atoms with E-state index in [2.05, 4.69) is 0 Å². The molecule has 4 rings (SSSR count). The first-order valence-corrected chi connectivity index (χ1v) is 8.67. The van der Waals surface area contributed by atoms with Gasteiger partial charge in [0.05, 0.1) is 17.9 Å². The van der Waals surface area contributed by atoms with Gasteiger partial charge in [0.2, 0.25) is 0 Å². The maximum absolute atomic E-state index is 11.7. The monoisotopic (exact) mass is 387 g/mol. The summed E-state index contributed by atoms with van der Waals surface area (Å²) in [6.07, 6.45) is 0.216. The maximum atomic E-state index is 11.7. The third kappa shape index (κ3) is 2.86. The van der Waals surface area contributed by atoms with Gasteiger partial charge in [-0.2, -0.15) is 0 Å². The largest absolute Gasteiger partial charge is 0.496 e. The molecule has 8 nitrogen and oxygen atoms in total. The number of rotatable bonds is 5. The summed E-state index contributed by atoms with van der Waals surface area (Å²) in [6.45, 7) is 0.719. The molecule has 2 aromatic carbocycles. The van der Waals surface area contributed by atoms with Gasteiger partial charge in [-0.15, -0.1) is 0 Å². The number of likely N-dealkylation sites (tertiary alicyclic amines) is 1. The van der Waals surface area contributed by atoms with Crippen molar-refractivity contribution in [3.05, 3.63) is 42.0 Å². The summed E-state index contributed by atoms with van der Waals surface area (Å²) in [5.74, 6) is -1.29. The molecule has 0 unspecified atom stereocenters. The van der Waals surface area contributed by atoms with E-state index < -0.39 is 22.8 Å². The van der Waals surface area contributed by atoms with Crippen LogP contribution in [-0.2, 0) is 20.9 Å². The Morgan fingerprint density at radius 2 is 1.68 bits per heavy atom. The summed E-state index contributed by atoms with van der Waals surface area (Å²) in [4.78, 5) is 33.7. The zero-order valence-electron chi connectivity index (χ0n) is 15.3. The van der Waals surface area contributed by atoms with Crippen molar-refractivity contribution >= 4 is 29.2 Å². The topological polar surface area (TPSA) is 124 Å². The molecule has 3 N–H and O–H groups in total. The minimum Gasteiger partial charge on any atom is -0.496 e. The summed E-state index contributed by atoms with van der Waals surface area (Å²) in [5, 5.41) is 28.1. The van der Waals surface area contributed by atoms with Crippen LogP contribution in [0.2, 0.25) is 0 Å². The lowest BCUT2D eigenvalue weighted by molar-refractivity contribution is -0.151. The molecule has 1 aliphatic carbocycles. The number of piperidine rings is 1. The molecule has 148 valence electrons. The number of hydrogen-bond donors (Lipinski definition) is 3. The Morgan fingerprint density at radius 1 is 1.11 bits per heavy atom. The number of nitrogens with zero attached hydrogens (tertiary/aromatic N) is 1. The molecule has 0 aromatic heterocycles. The highest BCUT2D eigenvalue weighted by molar-refractivity contribution is 5.94. The SMILES string of the molecule is COc1ccc2ccccc2c1CN1C[C@@]2(C(=O)O)C[C@@]2(C(=O)O)C1.O=CO. The van der Waals surface area contributed by atoms with Crippen LogP contribution < -0.4 is 4.74 Å². The van der Waals surface area contributed by atoms with E-state index >= 15 is 0 Å². The van der Waals surface area contributed by atoms with Gasteiger partial charge in [0, 0.05) is 25.2 Å². The fourth-order valence-corrected chi connectivity index (χ4v) is 4.41. The second-order valence-corrected chi connectivity index (χ2v) is 7.17. The van der Waals surface area contributed by atoms with E-state index in [9.17, 15) is 19.8 Å². The predicted molar refractivity (Wildman–Crippen MR) is 99.2 cm³/mol. The molecule has 1 heterocycles. The van der Waals surface area contributed by atoms with Gasteiger partial charge < -0.3 is 20.1 Å². The average Bonchev–Trinajstić information content (AvgIpc) is 3.21. The lowest BCUT2D eigenvalue weighted by atomic mass is 9.97. The minimum absolute atomic E-state index is 0.216. The summed E-state index contributed by atoms with van der Waals surface area (Å²) in [6, 6.07) is 11.8.